The third kappa shape index (κ3) is 1.75. The molecule has 2 rings (SSSR count). The van der Waals surface area contributed by atoms with Crippen molar-refractivity contribution in [2.24, 2.45) is 0 Å². The first-order chi connectivity index (χ1) is 7.52. The molecular weight excluding hydrogens is 292 g/mol. The van der Waals surface area contributed by atoms with Crippen LogP contribution in [-0.2, 0) is 4.79 Å². The van der Waals surface area contributed by atoms with Crippen LogP contribution in [0.5, 0.6) is 0 Å². The zero-order chi connectivity index (χ0) is 11.9. The average molecular weight is 301 g/mol. The highest BCUT2D eigenvalue weighted by atomic mass is 79.9. The highest BCUT2D eigenvalue weighted by Crippen LogP contribution is 2.40. The Morgan fingerprint density at radius 1 is 1.50 bits per heavy atom. The average Bonchev–Trinajstić information content (AvgIpc) is 2.56. The number of carboxylic acids is 1. The first-order valence-corrected chi connectivity index (χ1v) is 6.21. The number of halogens is 1. The van der Waals surface area contributed by atoms with Gasteiger partial charge in [-0.1, -0.05) is 12.1 Å². The Kier molecular flexibility index (Phi) is 3.01. The Bertz CT molecular complexity index is 562. The molecule has 0 radical (unpaired) electrons. The molecule has 0 aliphatic carbocycles. The van der Waals surface area contributed by atoms with Crippen LogP contribution in [0.1, 0.15) is 16.5 Å². The summed E-state index contributed by atoms with van der Waals surface area (Å²) in [6, 6.07) is 5.78. The lowest BCUT2D eigenvalue weighted by atomic mass is 10.1. The minimum atomic E-state index is -1.47. The van der Waals surface area contributed by atoms with Crippen molar-refractivity contribution < 1.29 is 15.0 Å². The molecule has 2 aromatic rings. The number of aryl methyl sites for hydroxylation is 1. The molecule has 1 atom stereocenters. The molecule has 0 saturated heterocycles. The molecule has 1 aromatic carbocycles. The largest absolute Gasteiger partial charge is 0.479 e. The van der Waals surface area contributed by atoms with Gasteiger partial charge in [-0.3, -0.25) is 0 Å². The first-order valence-electron chi connectivity index (χ1n) is 4.60. The molecule has 0 spiro atoms. The number of carboxylic acid groups (broad SMARTS) is 1. The monoisotopic (exact) mass is 300 g/mol. The van der Waals surface area contributed by atoms with E-state index in [0.29, 0.717) is 9.35 Å². The van der Waals surface area contributed by atoms with E-state index in [1.165, 1.54) is 11.3 Å². The molecule has 1 aromatic heterocycles. The Balaban J connectivity index is 2.70. The lowest BCUT2D eigenvalue weighted by molar-refractivity contribution is -0.146. The van der Waals surface area contributed by atoms with E-state index >= 15 is 0 Å². The predicted octanol–water partition coefficient (Wildman–Crippen LogP) is 3.09. The van der Waals surface area contributed by atoms with Crippen molar-refractivity contribution in [1.82, 2.24) is 0 Å². The quantitative estimate of drug-likeness (QED) is 0.896. The van der Waals surface area contributed by atoms with Crippen molar-refractivity contribution in [2.75, 3.05) is 0 Å². The van der Waals surface area contributed by atoms with Crippen molar-refractivity contribution in [3.05, 3.63) is 33.1 Å². The van der Waals surface area contributed by atoms with Crippen molar-refractivity contribution in [3.8, 4) is 0 Å². The Hall–Kier alpha value is -0.910. The maximum Gasteiger partial charge on any atom is 0.338 e. The molecule has 2 N–H and O–H groups in total. The van der Waals surface area contributed by atoms with E-state index in [0.717, 1.165) is 15.6 Å². The summed E-state index contributed by atoms with van der Waals surface area (Å²) in [6.07, 6.45) is -1.47. The molecule has 0 fully saturated rings. The maximum absolute atomic E-state index is 10.7. The van der Waals surface area contributed by atoms with Gasteiger partial charge in [0.2, 0.25) is 0 Å². The van der Waals surface area contributed by atoms with Crippen molar-refractivity contribution in [2.45, 2.75) is 13.0 Å². The topological polar surface area (TPSA) is 57.5 Å². The molecule has 0 saturated carbocycles. The number of thiophene rings is 1. The van der Waals surface area contributed by atoms with Crippen LogP contribution >= 0.6 is 27.3 Å². The van der Waals surface area contributed by atoms with Crippen LogP contribution in [0, 0.1) is 6.92 Å². The van der Waals surface area contributed by atoms with Gasteiger partial charge in [0.05, 0.1) is 4.88 Å². The van der Waals surface area contributed by atoms with Crippen LogP contribution < -0.4 is 0 Å². The van der Waals surface area contributed by atoms with Gasteiger partial charge < -0.3 is 10.2 Å². The fourth-order valence-corrected chi connectivity index (χ4v) is 3.85. The summed E-state index contributed by atoms with van der Waals surface area (Å²) in [5, 5.41) is 19.3. The van der Waals surface area contributed by atoms with E-state index in [1.54, 1.807) is 0 Å². The number of aliphatic hydroxyl groups is 1. The van der Waals surface area contributed by atoms with Crippen molar-refractivity contribution in [1.29, 1.82) is 0 Å². The zero-order valence-electron chi connectivity index (χ0n) is 8.40. The van der Waals surface area contributed by atoms with Crippen LogP contribution in [0.25, 0.3) is 10.1 Å². The highest BCUT2D eigenvalue weighted by Gasteiger charge is 2.23. The summed E-state index contributed by atoms with van der Waals surface area (Å²) in [6.45, 7) is 1.96. The Labute approximate surface area is 104 Å². The molecule has 0 bridgehead atoms. The number of aliphatic carboxylic acids is 1. The van der Waals surface area contributed by atoms with Gasteiger partial charge in [0.15, 0.2) is 6.10 Å². The summed E-state index contributed by atoms with van der Waals surface area (Å²) in [5.41, 5.74) is 1.06. The van der Waals surface area contributed by atoms with E-state index in [1.807, 2.05) is 25.1 Å². The van der Waals surface area contributed by atoms with Crippen LogP contribution in [0.15, 0.2) is 22.7 Å². The summed E-state index contributed by atoms with van der Waals surface area (Å²) in [7, 11) is 0. The minimum absolute atomic E-state index is 0.441. The number of aliphatic hydroxyl groups excluding tert-OH is 1. The van der Waals surface area contributed by atoms with Crippen molar-refractivity contribution >= 4 is 43.3 Å². The summed E-state index contributed by atoms with van der Waals surface area (Å²) in [4.78, 5) is 11.2. The third-order valence-electron chi connectivity index (χ3n) is 2.37. The second kappa shape index (κ2) is 4.16. The summed E-state index contributed by atoms with van der Waals surface area (Å²) < 4.78 is 1.66. The smallest absolute Gasteiger partial charge is 0.338 e. The van der Waals surface area contributed by atoms with Gasteiger partial charge in [-0.25, -0.2) is 4.79 Å². The maximum atomic E-state index is 10.7. The fourth-order valence-electron chi connectivity index (χ4n) is 1.58. The molecule has 84 valence electrons. The normalized spacial score (nSPS) is 12.9. The highest BCUT2D eigenvalue weighted by molar-refractivity contribution is 9.10. The molecule has 0 aliphatic heterocycles. The lowest BCUT2D eigenvalue weighted by Crippen LogP contribution is -2.09. The summed E-state index contributed by atoms with van der Waals surface area (Å²) >= 11 is 4.66. The minimum Gasteiger partial charge on any atom is -0.479 e. The third-order valence-corrected chi connectivity index (χ3v) is 4.67. The molecule has 1 heterocycles. The number of carbonyl (C=O) groups is 1. The van der Waals surface area contributed by atoms with Gasteiger partial charge in [-0.05, 0) is 34.5 Å². The van der Waals surface area contributed by atoms with Gasteiger partial charge in [0.1, 0.15) is 0 Å². The molecule has 0 aliphatic rings. The first kappa shape index (κ1) is 11.6. The number of hydrogen-bond acceptors (Lipinski definition) is 3. The molecular formula is C11H9BrO3S. The standard InChI is InChI=1S/C11H9BrO3S/c1-5-3-2-4-6-7(5)8(12)10(16-6)9(13)11(14)15/h2-4,9,13H,1H3,(H,14,15). The molecule has 16 heavy (non-hydrogen) atoms. The van der Waals surface area contributed by atoms with E-state index in [9.17, 15) is 9.90 Å². The van der Waals surface area contributed by atoms with Crippen LogP contribution in [-0.4, -0.2) is 16.2 Å². The number of hydrogen-bond donors (Lipinski definition) is 2. The Morgan fingerprint density at radius 3 is 2.75 bits per heavy atom. The van der Waals surface area contributed by atoms with Gasteiger partial charge in [0, 0.05) is 14.6 Å². The molecule has 1 unspecified atom stereocenters. The molecule has 5 heteroatoms. The van der Waals surface area contributed by atoms with Crippen LogP contribution in [0.4, 0.5) is 0 Å². The Morgan fingerprint density at radius 2 is 2.19 bits per heavy atom. The number of benzene rings is 1. The lowest BCUT2D eigenvalue weighted by Gasteiger charge is -2.02. The second-order valence-electron chi connectivity index (χ2n) is 3.47. The number of rotatable bonds is 2. The summed E-state index contributed by atoms with van der Waals surface area (Å²) in [5.74, 6) is -1.23. The van der Waals surface area contributed by atoms with Gasteiger partial charge in [0.25, 0.3) is 0 Å². The van der Waals surface area contributed by atoms with Gasteiger partial charge >= 0.3 is 5.97 Å². The second-order valence-corrected chi connectivity index (χ2v) is 5.35. The van der Waals surface area contributed by atoms with E-state index in [4.69, 9.17) is 5.11 Å². The van der Waals surface area contributed by atoms with E-state index in [-0.39, 0.29) is 0 Å². The van der Waals surface area contributed by atoms with Gasteiger partial charge in [-0.15, -0.1) is 11.3 Å². The zero-order valence-corrected chi connectivity index (χ0v) is 10.8. The van der Waals surface area contributed by atoms with Crippen molar-refractivity contribution in [3.63, 3.8) is 0 Å². The van der Waals surface area contributed by atoms with Crippen LogP contribution in [0.3, 0.4) is 0 Å². The van der Waals surface area contributed by atoms with E-state index in [2.05, 4.69) is 15.9 Å². The van der Waals surface area contributed by atoms with Gasteiger partial charge in [-0.2, -0.15) is 0 Å². The fraction of sp³-hybridized carbons (Fsp3) is 0.182. The van der Waals surface area contributed by atoms with Crippen LogP contribution in [0.2, 0.25) is 0 Å². The number of fused-ring (bicyclic) bond motifs is 1. The molecule has 3 nitrogen and oxygen atoms in total. The van der Waals surface area contributed by atoms with E-state index < -0.39 is 12.1 Å². The SMILES string of the molecule is Cc1cccc2sc(C(O)C(=O)O)c(Br)c12. The predicted molar refractivity (Wildman–Crippen MR) is 66.9 cm³/mol. The molecule has 0 amide bonds.